The highest BCUT2D eigenvalue weighted by Gasteiger charge is 2.22. The summed E-state index contributed by atoms with van der Waals surface area (Å²) in [6, 6.07) is 0. The van der Waals surface area contributed by atoms with E-state index in [9.17, 15) is 10.1 Å². The first-order chi connectivity index (χ1) is 7.10. The molecule has 0 saturated heterocycles. The lowest BCUT2D eigenvalue weighted by atomic mass is 10.5. The topological polar surface area (TPSA) is 81.0 Å². The summed E-state index contributed by atoms with van der Waals surface area (Å²) in [5.74, 6) is 0.159. The van der Waals surface area contributed by atoms with Crippen LogP contribution < -0.4 is 5.32 Å². The highest BCUT2D eigenvalue weighted by atomic mass is 35.5. The Bertz CT molecular complexity index is 387. The summed E-state index contributed by atoms with van der Waals surface area (Å²) >= 11 is 6.97. The van der Waals surface area contributed by atoms with Crippen LogP contribution in [0.25, 0.3) is 0 Å². The van der Waals surface area contributed by atoms with E-state index in [1.165, 1.54) is 11.8 Å². The molecule has 0 aliphatic carbocycles. The van der Waals surface area contributed by atoms with Gasteiger partial charge >= 0.3 is 5.69 Å². The fourth-order valence-corrected chi connectivity index (χ4v) is 1.61. The second kappa shape index (κ2) is 5.13. The molecule has 1 rings (SSSR count). The predicted octanol–water partition coefficient (Wildman–Crippen LogP) is 2.19. The summed E-state index contributed by atoms with van der Waals surface area (Å²) in [7, 11) is 0. The monoisotopic (exact) mass is 248 g/mol. The largest absolute Gasteiger partial charge is 0.364 e. The van der Waals surface area contributed by atoms with Gasteiger partial charge in [-0.25, -0.2) is 4.98 Å². The third kappa shape index (κ3) is 2.69. The number of nitrogens with one attached hydrogen (secondary N) is 1. The molecule has 0 fully saturated rings. The minimum Gasteiger partial charge on any atom is -0.364 e. The van der Waals surface area contributed by atoms with Crippen LogP contribution in [0.3, 0.4) is 0 Å². The highest BCUT2D eigenvalue weighted by Crippen LogP contribution is 2.31. The molecule has 0 spiro atoms. The molecule has 1 aromatic rings. The molecule has 1 heterocycles. The molecule has 0 aromatic carbocycles. The third-order valence-electron chi connectivity index (χ3n) is 1.53. The van der Waals surface area contributed by atoms with Gasteiger partial charge in [-0.1, -0.05) is 23.4 Å². The quantitative estimate of drug-likeness (QED) is 0.289. The molecule has 1 N–H and O–H groups in total. The van der Waals surface area contributed by atoms with E-state index in [0.717, 1.165) is 0 Å². The molecule has 8 heteroatoms. The van der Waals surface area contributed by atoms with E-state index < -0.39 is 4.92 Å². The Morgan fingerprint density at radius 2 is 2.27 bits per heavy atom. The van der Waals surface area contributed by atoms with Crippen LogP contribution in [-0.4, -0.2) is 27.7 Å². The van der Waals surface area contributed by atoms with Crippen LogP contribution in [0.2, 0.25) is 5.15 Å². The number of rotatable bonds is 4. The van der Waals surface area contributed by atoms with Crippen molar-refractivity contribution in [2.24, 2.45) is 0 Å². The second-order valence-corrected chi connectivity index (χ2v) is 3.62. The van der Waals surface area contributed by atoms with Crippen molar-refractivity contribution in [3.8, 4) is 0 Å². The van der Waals surface area contributed by atoms with E-state index in [4.69, 9.17) is 11.6 Å². The smallest absolute Gasteiger partial charge is 0.348 e. The molecule has 1 aromatic heterocycles. The number of nitrogens with zero attached hydrogens (tertiary/aromatic N) is 3. The van der Waals surface area contributed by atoms with Gasteiger partial charge in [-0.3, -0.25) is 10.1 Å². The number of anilines is 1. The van der Waals surface area contributed by atoms with Crippen LogP contribution in [0, 0.1) is 10.1 Å². The molecule has 0 saturated carbocycles. The number of hydrogen-bond acceptors (Lipinski definition) is 6. The molecule has 0 aliphatic heterocycles. The Morgan fingerprint density at radius 3 is 2.73 bits per heavy atom. The molecule has 6 nitrogen and oxygen atoms in total. The van der Waals surface area contributed by atoms with Crippen LogP contribution in [0.5, 0.6) is 0 Å². The number of aromatic nitrogens is 2. The van der Waals surface area contributed by atoms with Gasteiger partial charge in [0.1, 0.15) is 0 Å². The van der Waals surface area contributed by atoms with Gasteiger partial charge in [0, 0.05) is 6.54 Å². The molecule has 15 heavy (non-hydrogen) atoms. The summed E-state index contributed by atoms with van der Waals surface area (Å²) in [6.45, 7) is 2.35. The molecule has 0 radical (unpaired) electrons. The number of thioether (sulfide) groups is 1. The first-order valence-corrected chi connectivity index (χ1v) is 5.70. The van der Waals surface area contributed by atoms with Gasteiger partial charge in [0.05, 0.1) is 4.92 Å². The Balaban J connectivity index is 3.28. The van der Waals surface area contributed by atoms with Crippen molar-refractivity contribution in [2.75, 3.05) is 18.1 Å². The van der Waals surface area contributed by atoms with Gasteiger partial charge in [0.15, 0.2) is 5.16 Å². The van der Waals surface area contributed by atoms with Gasteiger partial charge in [0.2, 0.25) is 11.0 Å². The lowest BCUT2D eigenvalue weighted by Gasteiger charge is -2.05. The Labute approximate surface area is 95.6 Å². The minimum atomic E-state index is -0.593. The average molecular weight is 249 g/mol. The molecule has 0 bridgehead atoms. The van der Waals surface area contributed by atoms with E-state index in [1.54, 1.807) is 6.26 Å². The first-order valence-electron chi connectivity index (χ1n) is 4.10. The lowest BCUT2D eigenvalue weighted by Crippen LogP contribution is -2.06. The maximum absolute atomic E-state index is 10.7. The summed E-state index contributed by atoms with van der Waals surface area (Å²) in [5, 5.41) is 13.8. The zero-order valence-electron chi connectivity index (χ0n) is 8.15. The van der Waals surface area contributed by atoms with Gasteiger partial charge < -0.3 is 5.32 Å². The van der Waals surface area contributed by atoms with Crippen LogP contribution in [-0.2, 0) is 0 Å². The van der Waals surface area contributed by atoms with Crippen molar-refractivity contribution in [3.63, 3.8) is 0 Å². The van der Waals surface area contributed by atoms with E-state index in [2.05, 4.69) is 15.3 Å². The SMILES string of the molecule is CCNc1nc(SC)nc(Cl)c1[N+](=O)[O-]. The van der Waals surface area contributed by atoms with Crippen molar-refractivity contribution in [1.82, 2.24) is 9.97 Å². The summed E-state index contributed by atoms with van der Waals surface area (Å²) in [6.07, 6.45) is 1.77. The normalized spacial score (nSPS) is 10.1. The van der Waals surface area contributed by atoms with Crippen molar-refractivity contribution in [2.45, 2.75) is 12.1 Å². The molecule has 82 valence electrons. The van der Waals surface area contributed by atoms with Gasteiger partial charge in [-0.15, -0.1) is 0 Å². The van der Waals surface area contributed by atoms with E-state index in [1.807, 2.05) is 6.92 Å². The van der Waals surface area contributed by atoms with Crippen molar-refractivity contribution < 1.29 is 4.92 Å². The highest BCUT2D eigenvalue weighted by molar-refractivity contribution is 7.98. The Kier molecular flexibility index (Phi) is 4.10. The molecule has 0 amide bonds. The second-order valence-electron chi connectivity index (χ2n) is 2.49. The summed E-state index contributed by atoms with van der Waals surface area (Å²) < 4.78 is 0. The molecule has 0 unspecified atom stereocenters. The fourth-order valence-electron chi connectivity index (χ4n) is 0.952. The van der Waals surface area contributed by atoms with E-state index >= 15 is 0 Å². The zero-order valence-corrected chi connectivity index (χ0v) is 9.72. The van der Waals surface area contributed by atoms with Crippen LogP contribution in [0.1, 0.15) is 6.92 Å². The maximum atomic E-state index is 10.7. The van der Waals surface area contributed by atoms with E-state index in [-0.39, 0.29) is 16.7 Å². The minimum absolute atomic E-state index is 0.143. The number of nitro groups is 1. The first kappa shape index (κ1) is 12.0. The third-order valence-corrected chi connectivity index (χ3v) is 2.34. The van der Waals surface area contributed by atoms with Crippen molar-refractivity contribution in [1.29, 1.82) is 0 Å². The molecular weight excluding hydrogens is 240 g/mol. The summed E-state index contributed by atoms with van der Waals surface area (Å²) in [5.41, 5.74) is -0.281. The van der Waals surface area contributed by atoms with Gasteiger partial charge in [-0.05, 0) is 13.2 Å². The Morgan fingerprint density at radius 1 is 1.60 bits per heavy atom. The number of halogens is 1. The van der Waals surface area contributed by atoms with Crippen LogP contribution in [0.15, 0.2) is 5.16 Å². The standard InChI is InChI=1S/C7H9ClN4O2S/c1-3-9-6-4(12(13)14)5(8)10-7(11-6)15-2/h3H2,1-2H3,(H,9,10,11). The average Bonchev–Trinajstić information content (AvgIpc) is 2.16. The lowest BCUT2D eigenvalue weighted by molar-refractivity contribution is -0.384. The summed E-state index contributed by atoms with van der Waals surface area (Å²) in [4.78, 5) is 17.9. The maximum Gasteiger partial charge on any atom is 0.348 e. The van der Waals surface area contributed by atoms with E-state index in [0.29, 0.717) is 11.7 Å². The van der Waals surface area contributed by atoms with Gasteiger partial charge in [0.25, 0.3) is 0 Å². The molecular formula is C7H9ClN4O2S. The number of hydrogen-bond donors (Lipinski definition) is 1. The fraction of sp³-hybridized carbons (Fsp3) is 0.429. The Hall–Kier alpha value is -1.08. The predicted molar refractivity (Wildman–Crippen MR) is 59.6 cm³/mol. The zero-order chi connectivity index (χ0) is 11.4. The van der Waals surface area contributed by atoms with Crippen LogP contribution >= 0.6 is 23.4 Å². The van der Waals surface area contributed by atoms with Crippen molar-refractivity contribution >= 4 is 34.9 Å². The van der Waals surface area contributed by atoms with Crippen molar-refractivity contribution in [3.05, 3.63) is 15.3 Å². The van der Waals surface area contributed by atoms with Gasteiger partial charge in [-0.2, -0.15) is 4.98 Å². The van der Waals surface area contributed by atoms with Crippen LogP contribution in [0.4, 0.5) is 11.5 Å². The molecule has 0 atom stereocenters. The molecule has 0 aliphatic rings.